The molecule has 8 heteroatoms. The zero-order valence-electron chi connectivity index (χ0n) is 12.7. The molecule has 0 aliphatic heterocycles. The van der Waals surface area contributed by atoms with Gasteiger partial charge < -0.3 is 4.74 Å². The third-order valence-corrected chi connectivity index (χ3v) is 4.63. The van der Waals surface area contributed by atoms with Crippen molar-refractivity contribution in [3.63, 3.8) is 0 Å². The van der Waals surface area contributed by atoms with E-state index in [1.165, 1.54) is 25.2 Å². The summed E-state index contributed by atoms with van der Waals surface area (Å²) >= 11 is 1.32. The highest BCUT2D eigenvalue weighted by Crippen LogP contribution is 2.29. The van der Waals surface area contributed by atoms with E-state index in [1.54, 1.807) is 4.68 Å². The highest BCUT2D eigenvalue weighted by molar-refractivity contribution is 8.00. The van der Waals surface area contributed by atoms with E-state index in [0.717, 1.165) is 5.69 Å². The summed E-state index contributed by atoms with van der Waals surface area (Å²) in [6.07, 6.45) is 2.09. The summed E-state index contributed by atoms with van der Waals surface area (Å²) < 4.78 is 6.47. The van der Waals surface area contributed by atoms with Crippen molar-refractivity contribution in [1.29, 1.82) is 0 Å². The van der Waals surface area contributed by atoms with Gasteiger partial charge in [-0.25, -0.2) is 9.97 Å². The van der Waals surface area contributed by atoms with Crippen LogP contribution in [0.3, 0.4) is 0 Å². The molecular formula is C15H15N5O2S. The number of nitrogens with zero attached hydrogens (tertiary/aromatic N) is 5. The molecule has 0 aliphatic rings. The number of aromatic nitrogens is 5. The molecule has 2 aromatic heterocycles. The van der Waals surface area contributed by atoms with E-state index in [1.807, 2.05) is 37.3 Å². The van der Waals surface area contributed by atoms with Crippen molar-refractivity contribution in [2.45, 2.75) is 23.6 Å². The van der Waals surface area contributed by atoms with Gasteiger partial charge in [-0.2, -0.15) is 4.68 Å². The number of esters is 1. The standard InChI is InChI=1S/C15H15N5O2S/c1-3-11(15(21)22-2)23-14-12-13(16-9-17-14)20(19-18-12)10-7-5-4-6-8-10/h4-9,11H,3H2,1-2H3/t11-/m1/s1. The van der Waals surface area contributed by atoms with E-state index in [4.69, 9.17) is 4.74 Å². The van der Waals surface area contributed by atoms with Crippen molar-refractivity contribution < 1.29 is 9.53 Å². The monoisotopic (exact) mass is 329 g/mol. The molecule has 2 heterocycles. The minimum atomic E-state index is -0.333. The molecule has 0 aliphatic carbocycles. The molecule has 0 radical (unpaired) electrons. The molecule has 0 saturated heterocycles. The summed E-state index contributed by atoms with van der Waals surface area (Å²) in [5.41, 5.74) is 2.04. The summed E-state index contributed by atoms with van der Waals surface area (Å²) in [5, 5.41) is 8.63. The molecule has 7 nitrogen and oxygen atoms in total. The first-order valence-corrected chi connectivity index (χ1v) is 7.99. The third-order valence-electron chi connectivity index (χ3n) is 3.29. The highest BCUT2D eigenvalue weighted by Gasteiger charge is 2.22. The van der Waals surface area contributed by atoms with Crippen LogP contribution in [0.5, 0.6) is 0 Å². The smallest absolute Gasteiger partial charge is 0.319 e. The van der Waals surface area contributed by atoms with E-state index in [0.29, 0.717) is 22.6 Å². The zero-order valence-corrected chi connectivity index (χ0v) is 13.5. The van der Waals surface area contributed by atoms with Crippen LogP contribution in [0.2, 0.25) is 0 Å². The third kappa shape index (κ3) is 3.02. The van der Waals surface area contributed by atoms with Gasteiger partial charge in [0.2, 0.25) is 0 Å². The molecule has 0 fully saturated rings. The van der Waals surface area contributed by atoms with Gasteiger partial charge in [0.15, 0.2) is 11.2 Å². The van der Waals surface area contributed by atoms with E-state index in [2.05, 4.69) is 20.3 Å². The molecule has 23 heavy (non-hydrogen) atoms. The number of carbonyl (C=O) groups excluding carboxylic acids is 1. The molecular weight excluding hydrogens is 314 g/mol. The Morgan fingerprint density at radius 1 is 1.30 bits per heavy atom. The van der Waals surface area contributed by atoms with Crippen molar-refractivity contribution in [2.24, 2.45) is 0 Å². The van der Waals surface area contributed by atoms with Gasteiger partial charge in [0.25, 0.3) is 0 Å². The predicted octanol–water partition coefficient (Wildman–Crippen LogP) is 2.25. The number of methoxy groups -OCH3 is 1. The van der Waals surface area contributed by atoms with Crippen LogP contribution in [-0.4, -0.2) is 43.3 Å². The highest BCUT2D eigenvalue weighted by atomic mass is 32.2. The Morgan fingerprint density at radius 2 is 2.09 bits per heavy atom. The quantitative estimate of drug-likeness (QED) is 0.403. The van der Waals surface area contributed by atoms with Crippen molar-refractivity contribution in [3.8, 4) is 5.69 Å². The van der Waals surface area contributed by atoms with Crippen LogP contribution in [0.25, 0.3) is 16.9 Å². The van der Waals surface area contributed by atoms with Gasteiger partial charge in [0.1, 0.15) is 16.6 Å². The van der Waals surface area contributed by atoms with Crippen LogP contribution in [-0.2, 0) is 9.53 Å². The Kier molecular flexibility index (Phi) is 4.52. The number of benzene rings is 1. The second-order valence-corrected chi connectivity index (χ2v) is 5.92. The molecule has 0 unspecified atom stereocenters. The Bertz CT molecular complexity index is 821. The van der Waals surface area contributed by atoms with Gasteiger partial charge in [-0.1, -0.05) is 42.1 Å². The largest absolute Gasteiger partial charge is 0.468 e. The van der Waals surface area contributed by atoms with Crippen LogP contribution >= 0.6 is 11.8 Å². The second kappa shape index (κ2) is 6.74. The van der Waals surface area contributed by atoms with Crippen LogP contribution in [0, 0.1) is 0 Å². The van der Waals surface area contributed by atoms with Gasteiger partial charge >= 0.3 is 5.97 Å². The van der Waals surface area contributed by atoms with Crippen LogP contribution in [0.15, 0.2) is 41.7 Å². The Morgan fingerprint density at radius 3 is 2.78 bits per heavy atom. The van der Waals surface area contributed by atoms with Gasteiger partial charge in [-0.05, 0) is 18.6 Å². The van der Waals surface area contributed by atoms with Crippen LogP contribution in [0.4, 0.5) is 0 Å². The molecule has 0 bridgehead atoms. The predicted molar refractivity (Wildman–Crippen MR) is 86.4 cm³/mol. The van der Waals surface area contributed by atoms with Crippen molar-refractivity contribution in [3.05, 3.63) is 36.7 Å². The molecule has 1 aromatic carbocycles. The van der Waals surface area contributed by atoms with Gasteiger partial charge in [0.05, 0.1) is 12.8 Å². The number of rotatable bonds is 5. The van der Waals surface area contributed by atoms with E-state index < -0.39 is 0 Å². The summed E-state index contributed by atoms with van der Waals surface area (Å²) in [6, 6.07) is 9.62. The summed E-state index contributed by atoms with van der Waals surface area (Å²) in [7, 11) is 1.38. The molecule has 0 saturated carbocycles. The SMILES string of the molecule is CC[C@@H](Sc1ncnc2c1nnn2-c1ccccc1)C(=O)OC. The summed E-state index contributed by atoms with van der Waals surface area (Å²) in [6.45, 7) is 1.92. The fourth-order valence-electron chi connectivity index (χ4n) is 2.12. The van der Waals surface area contributed by atoms with E-state index in [9.17, 15) is 4.79 Å². The number of hydrogen-bond donors (Lipinski definition) is 0. The average molecular weight is 329 g/mol. The lowest BCUT2D eigenvalue weighted by molar-refractivity contribution is -0.140. The lowest BCUT2D eigenvalue weighted by Crippen LogP contribution is -2.17. The lowest BCUT2D eigenvalue weighted by Gasteiger charge is -2.10. The molecule has 0 amide bonds. The maximum absolute atomic E-state index is 11.8. The molecule has 0 spiro atoms. The van der Waals surface area contributed by atoms with Crippen LogP contribution in [0.1, 0.15) is 13.3 Å². The lowest BCUT2D eigenvalue weighted by atomic mass is 10.3. The van der Waals surface area contributed by atoms with E-state index in [-0.39, 0.29) is 11.2 Å². The number of ether oxygens (including phenoxy) is 1. The first-order chi connectivity index (χ1) is 11.2. The Balaban J connectivity index is 2.01. The number of carbonyl (C=O) groups is 1. The Hall–Kier alpha value is -2.48. The minimum absolute atomic E-state index is 0.278. The molecule has 3 aromatic rings. The number of para-hydroxylation sites is 1. The molecule has 3 rings (SSSR count). The first kappa shape index (κ1) is 15.4. The molecule has 0 N–H and O–H groups in total. The molecule has 1 atom stereocenters. The molecule has 118 valence electrons. The van der Waals surface area contributed by atoms with E-state index >= 15 is 0 Å². The number of thioether (sulfide) groups is 1. The second-order valence-electron chi connectivity index (χ2n) is 4.73. The topological polar surface area (TPSA) is 82.8 Å². The van der Waals surface area contributed by atoms with Crippen molar-refractivity contribution >= 4 is 28.9 Å². The average Bonchev–Trinajstić information content (AvgIpc) is 3.04. The van der Waals surface area contributed by atoms with Gasteiger partial charge in [-0.15, -0.1) is 5.10 Å². The fourth-order valence-corrected chi connectivity index (χ4v) is 3.10. The van der Waals surface area contributed by atoms with Crippen LogP contribution < -0.4 is 0 Å². The Labute approximate surface area is 137 Å². The maximum Gasteiger partial charge on any atom is 0.319 e. The first-order valence-electron chi connectivity index (χ1n) is 7.11. The number of hydrogen-bond acceptors (Lipinski definition) is 7. The van der Waals surface area contributed by atoms with Gasteiger partial charge in [0, 0.05) is 0 Å². The summed E-state index contributed by atoms with van der Waals surface area (Å²) in [4.78, 5) is 20.3. The van der Waals surface area contributed by atoms with Gasteiger partial charge in [-0.3, -0.25) is 4.79 Å². The fraction of sp³-hybridized carbons (Fsp3) is 0.267. The zero-order chi connectivity index (χ0) is 16.2. The maximum atomic E-state index is 11.8. The normalized spacial score (nSPS) is 12.3. The van der Waals surface area contributed by atoms with Crippen molar-refractivity contribution in [2.75, 3.05) is 7.11 Å². The number of fused-ring (bicyclic) bond motifs is 1. The minimum Gasteiger partial charge on any atom is -0.468 e. The summed E-state index contributed by atoms with van der Waals surface area (Å²) in [5.74, 6) is -0.278. The van der Waals surface area contributed by atoms with Crippen molar-refractivity contribution in [1.82, 2.24) is 25.0 Å².